The van der Waals surface area contributed by atoms with E-state index in [1.807, 2.05) is 30.3 Å². The summed E-state index contributed by atoms with van der Waals surface area (Å²) in [6.07, 6.45) is 4.50. The predicted octanol–water partition coefficient (Wildman–Crippen LogP) is 2.87. The summed E-state index contributed by atoms with van der Waals surface area (Å²) in [5, 5.41) is 0. The number of rotatable bonds is 1. The molecule has 0 unspecified atom stereocenters. The minimum absolute atomic E-state index is 0.910. The van der Waals surface area contributed by atoms with E-state index < -0.39 is 0 Å². The monoisotopic (exact) mass is 150 g/mol. The molecule has 0 amide bonds. The quantitative estimate of drug-likeness (QED) is 0.598. The Kier molecular flexibility index (Phi) is 3.53. The lowest BCUT2D eigenvalue weighted by Crippen LogP contribution is -1.78. The van der Waals surface area contributed by atoms with Crippen LogP contribution in [0, 0.1) is 0 Å². The standard InChI is InChI=1S/C7H8O.C3H6/c1-8-7-5-3-2-4-6-7;1-2-3-1/h2-6H,1H3;1-3H2. The summed E-state index contributed by atoms with van der Waals surface area (Å²) in [5.41, 5.74) is 0. The summed E-state index contributed by atoms with van der Waals surface area (Å²) >= 11 is 0. The van der Waals surface area contributed by atoms with Crippen LogP contribution in [0.1, 0.15) is 19.3 Å². The molecule has 1 aromatic carbocycles. The Morgan fingerprint density at radius 2 is 1.55 bits per heavy atom. The fraction of sp³-hybridized carbons (Fsp3) is 0.400. The van der Waals surface area contributed by atoms with Gasteiger partial charge in [-0.2, -0.15) is 0 Å². The zero-order valence-corrected chi connectivity index (χ0v) is 6.92. The highest BCUT2D eigenvalue weighted by Gasteiger charge is 1.95. The van der Waals surface area contributed by atoms with Crippen molar-refractivity contribution in [2.45, 2.75) is 19.3 Å². The second-order valence-electron chi connectivity index (χ2n) is 2.58. The third kappa shape index (κ3) is 4.43. The maximum atomic E-state index is 4.91. The van der Waals surface area contributed by atoms with Gasteiger partial charge in [-0.3, -0.25) is 0 Å². The topological polar surface area (TPSA) is 9.23 Å². The van der Waals surface area contributed by atoms with Crippen molar-refractivity contribution in [2.75, 3.05) is 7.11 Å². The van der Waals surface area contributed by atoms with E-state index in [-0.39, 0.29) is 0 Å². The SMILES string of the molecule is C1CC1.COc1ccccc1. The Labute approximate surface area is 68.0 Å². The van der Waals surface area contributed by atoms with Gasteiger partial charge in [0.15, 0.2) is 0 Å². The number of benzene rings is 1. The highest BCUT2D eigenvalue weighted by Crippen LogP contribution is 2.14. The van der Waals surface area contributed by atoms with Gasteiger partial charge in [0.1, 0.15) is 5.75 Å². The molecule has 1 aliphatic carbocycles. The van der Waals surface area contributed by atoms with Crippen LogP contribution in [0.25, 0.3) is 0 Å². The largest absolute Gasteiger partial charge is 0.497 e. The van der Waals surface area contributed by atoms with Gasteiger partial charge >= 0.3 is 0 Å². The maximum absolute atomic E-state index is 4.91. The Morgan fingerprint density at radius 1 is 1.00 bits per heavy atom. The first-order chi connectivity index (χ1) is 5.43. The number of hydrogen-bond donors (Lipinski definition) is 0. The van der Waals surface area contributed by atoms with Gasteiger partial charge in [0.2, 0.25) is 0 Å². The minimum atomic E-state index is 0.910. The fourth-order valence-corrected chi connectivity index (χ4v) is 0.557. The second-order valence-corrected chi connectivity index (χ2v) is 2.58. The van der Waals surface area contributed by atoms with E-state index in [2.05, 4.69) is 0 Å². The average Bonchev–Trinajstić information content (AvgIpc) is 2.92. The predicted molar refractivity (Wildman–Crippen MR) is 46.8 cm³/mol. The van der Waals surface area contributed by atoms with Gasteiger partial charge in [0.05, 0.1) is 7.11 Å². The van der Waals surface area contributed by atoms with E-state index in [1.165, 1.54) is 19.3 Å². The first-order valence-electron chi connectivity index (χ1n) is 4.02. The minimum Gasteiger partial charge on any atom is -0.497 e. The lowest BCUT2D eigenvalue weighted by Gasteiger charge is -1.93. The van der Waals surface area contributed by atoms with Crippen LogP contribution in [-0.2, 0) is 0 Å². The highest BCUT2D eigenvalue weighted by atomic mass is 16.5. The Bertz CT molecular complexity index is 177. The highest BCUT2D eigenvalue weighted by molar-refractivity contribution is 5.20. The van der Waals surface area contributed by atoms with Crippen molar-refractivity contribution < 1.29 is 4.74 Å². The van der Waals surface area contributed by atoms with Crippen LogP contribution < -0.4 is 4.74 Å². The summed E-state index contributed by atoms with van der Waals surface area (Å²) in [4.78, 5) is 0. The first-order valence-corrected chi connectivity index (χ1v) is 4.02. The zero-order chi connectivity index (χ0) is 7.94. The van der Waals surface area contributed by atoms with Crippen molar-refractivity contribution >= 4 is 0 Å². The van der Waals surface area contributed by atoms with E-state index in [0.29, 0.717) is 0 Å². The number of ether oxygens (including phenoxy) is 1. The van der Waals surface area contributed by atoms with Crippen LogP contribution in [0.3, 0.4) is 0 Å². The Morgan fingerprint density at radius 3 is 1.82 bits per heavy atom. The van der Waals surface area contributed by atoms with Crippen molar-refractivity contribution in [3.05, 3.63) is 30.3 Å². The molecule has 0 aromatic heterocycles. The van der Waals surface area contributed by atoms with Crippen LogP contribution in [-0.4, -0.2) is 7.11 Å². The van der Waals surface area contributed by atoms with Crippen molar-refractivity contribution in [3.63, 3.8) is 0 Å². The van der Waals surface area contributed by atoms with Gasteiger partial charge < -0.3 is 4.74 Å². The summed E-state index contributed by atoms with van der Waals surface area (Å²) in [7, 11) is 1.66. The van der Waals surface area contributed by atoms with Gasteiger partial charge in [-0.25, -0.2) is 0 Å². The van der Waals surface area contributed by atoms with E-state index in [1.54, 1.807) is 7.11 Å². The molecule has 0 N–H and O–H groups in total. The second kappa shape index (κ2) is 4.78. The third-order valence-electron chi connectivity index (χ3n) is 1.33. The van der Waals surface area contributed by atoms with Gasteiger partial charge in [0, 0.05) is 0 Å². The lowest BCUT2D eigenvalue weighted by atomic mass is 10.3. The van der Waals surface area contributed by atoms with Crippen LogP contribution in [0.4, 0.5) is 0 Å². The molecule has 0 aliphatic heterocycles. The molecule has 60 valence electrons. The molecule has 0 saturated heterocycles. The molecule has 0 heterocycles. The van der Waals surface area contributed by atoms with E-state index in [9.17, 15) is 0 Å². The van der Waals surface area contributed by atoms with Crippen LogP contribution >= 0.6 is 0 Å². The van der Waals surface area contributed by atoms with E-state index in [0.717, 1.165) is 5.75 Å². The Balaban J connectivity index is 0.000000167. The molecule has 1 aromatic rings. The van der Waals surface area contributed by atoms with Crippen molar-refractivity contribution in [3.8, 4) is 5.75 Å². The molecule has 0 radical (unpaired) electrons. The molecule has 11 heavy (non-hydrogen) atoms. The van der Waals surface area contributed by atoms with Crippen LogP contribution in [0.15, 0.2) is 30.3 Å². The third-order valence-corrected chi connectivity index (χ3v) is 1.33. The van der Waals surface area contributed by atoms with Crippen molar-refractivity contribution in [1.29, 1.82) is 0 Å². The smallest absolute Gasteiger partial charge is 0.118 e. The molecule has 1 nitrogen and oxygen atoms in total. The van der Waals surface area contributed by atoms with Crippen molar-refractivity contribution in [2.24, 2.45) is 0 Å². The average molecular weight is 150 g/mol. The summed E-state index contributed by atoms with van der Waals surface area (Å²) in [6, 6.07) is 9.68. The lowest BCUT2D eigenvalue weighted by molar-refractivity contribution is 0.415. The van der Waals surface area contributed by atoms with Gasteiger partial charge in [-0.1, -0.05) is 37.5 Å². The molecule has 0 atom stereocenters. The molecule has 1 aliphatic rings. The van der Waals surface area contributed by atoms with Crippen LogP contribution in [0.2, 0.25) is 0 Å². The maximum Gasteiger partial charge on any atom is 0.118 e. The fourth-order valence-electron chi connectivity index (χ4n) is 0.557. The molecule has 0 bridgehead atoms. The van der Waals surface area contributed by atoms with Gasteiger partial charge in [0.25, 0.3) is 0 Å². The first kappa shape index (κ1) is 8.12. The van der Waals surface area contributed by atoms with Gasteiger partial charge in [-0.05, 0) is 12.1 Å². The molecular formula is C10H14O. The molecule has 1 heteroatoms. The van der Waals surface area contributed by atoms with Crippen molar-refractivity contribution in [1.82, 2.24) is 0 Å². The number of hydrogen-bond acceptors (Lipinski definition) is 1. The summed E-state index contributed by atoms with van der Waals surface area (Å²) in [6.45, 7) is 0. The molecular weight excluding hydrogens is 136 g/mol. The molecule has 2 rings (SSSR count). The van der Waals surface area contributed by atoms with E-state index >= 15 is 0 Å². The number of methoxy groups -OCH3 is 1. The van der Waals surface area contributed by atoms with E-state index in [4.69, 9.17) is 4.74 Å². The van der Waals surface area contributed by atoms with Crippen LogP contribution in [0.5, 0.6) is 5.75 Å². The Hall–Kier alpha value is -0.980. The summed E-state index contributed by atoms with van der Waals surface area (Å²) in [5.74, 6) is 0.910. The normalized spacial score (nSPS) is 12.8. The number of para-hydroxylation sites is 1. The molecule has 1 saturated carbocycles. The summed E-state index contributed by atoms with van der Waals surface area (Å²) < 4.78 is 4.91. The van der Waals surface area contributed by atoms with Gasteiger partial charge in [-0.15, -0.1) is 0 Å². The zero-order valence-electron chi connectivity index (χ0n) is 6.92. The molecule has 1 fully saturated rings. The molecule has 0 spiro atoms.